The standard InChI is InChI=1S/C19H20N4O3/c1-12-21-10-16(26-12)13-2-4-15(5-3-13)23-19(24)17-18(25-11-22-17)14-6-8-20-9-7-14/h2-5,10-11,14,20H,6-9H2,1H3,(H,23,24). The number of benzene rings is 1. The fourth-order valence-electron chi connectivity index (χ4n) is 3.20. The van der Waals surface area contributed by atoms with E-state index in [1.807, 2.05) is 24.3 Å². The molecule has 3 aromatic rings. The third-order valence-corrected chi connectivity index (χ3v) is 4.57. The van der Waals surface area contributed by atoms with Crippen molar-refractivity contribution in [3.63, 3.8) is 0 Å². The first-order valence-electron chi connectivity index (χ1n) is 8.69. The Labute approximate surface area is 150 Å². The van der Waals surface area contributed by atoms with E-state index in [2.05, 4.69) is 20.6 Å². The van der Waals surface area contributed by atoms with Crippen molar-refractivity contribution in [1.82, 2.24) is 15.3 Å². The van der Waals surface area contributed by atoms with Gasteiger partial charge in [0.1, 0.15) is 5.76 Å². The summed E-state index contributed by atoms with van der Waals surface area (Å²) < 4.78 is 11.0. The van der Waals surface area contributed by atoms with Gasteiger partial charge in [-0.2, -0.15) is 0 Å². The maximum Gasteiger partial charge on any atom is 0.277 e. The van der Waals surface area contributed by atoms with Crippen LogP contribution in [0.5, 0.6) is 0 Å². The van der Waals surface area contributed by atoms with Crippen LogP contribution in [0.1, 0.15) is 40.9 Å². The Bertz CT molecular complexity index is 892. The summed E-state index contributed by atoms with van der Waals surface area (Å²) in [6.45, 7) is 3.65. The molecule has 0 spiro atoms. The zero-order valence-corrected chi connectivity index (χ0v) is 14.5. The fourth-order valence-corrected chi connectivity index (χ4v) is 3.20. The highest BCUT2D eigenvalue weighted by Crippen LogP contribution is 2.28. The van der Waals surface area contributed by atoms with Crippen molar-refractivity contribution < 1.29 is 13.6 Å². The molecule has 1 aliphatic rings. The number of hydrogen-bond donors (Lipinski definition) is 2. The van der Waals surface area contributed by atoms with Crippen LogP contribution < -0.4 is 10.6 Å². The lowest BCUT2D eigenvalue weighted by molar-refractivity contribution is 0.102. The lowest BCUT2D eigenvalue weighted by Crippen LogP contribution is -2.27. The van der Waals surface area contributed by atoms with E-state index in [1.54, 1.807) is 13.1 Å². The van der Waals surface area contributed by atoms with Gasteiger partial charge in [0.05, 0.1) is 6.20 Å². The monoisotopic (exact) mass is 352 g/mol. The molecule has 1 aliphatic heterocycles. The molecule has 1 saturated heterocycles. The molecule has 2 aromatic heterocycles. The number of nitrogens with one attached hydrogen (secondary N) is 2. The van der Waals surface area contributed by atoms with Crippen LogP contribution in [-0.4, -0.2) is 29.0 Å². The number of hydrogen-bond acceptors (Lipinski definition) is 6. The number of oxazole rings is 2. The number of carbonyl (C=O) groups excluding carboxylic acids is 1. The molecule has 0 saturated carbocycles. The van der Waals surface area contributed by atoms with E-state index in [1.165, 1.54) is 6.39 Å². The van der Waals surface area contributed by atoms with Gasteiger partial charge in [0.15, 0.2) is 23.7 Å². The minimum Gasteiger partial charge on any atom is -0.447 e. The van der Waals surface area contributed by atoms with E-state index < -0.39 is 0 Å². The smallest absolute Gasteiger partial charge is 0.277 e. The summed E-state index contributed by atoms with van der Waals surface area (Å²) >= 11 is 0. The minimum absolute atomic E-state index is 0.233. The summed E-state index contributed by atoms with van der Waals surface area (Å²) in [5, 5.41) is 6.20. The number of aryl methyl sites for hydroxylation is 1. The highest BCUT2D eigenvalue weighted by Gasteiger charge is 2.26. The minimum atomic E-state index is -0.254. The molecule has 0 unspecified atom stereocenters. The molecule has 26 heavy (non-hydrogen) atoms. The molecular formula is C19H20N4O3. The van der Waals surface area contributed by atoms with Gasteiger partial charge in [-0.3, -0.25) is 4.79 Å². The summed E-state index contributed by atoms with van der Waals surface area (Å²) in [4.78, 5) is 20.8. The predicted molar refractivity (Wildman–Crippen MR) is 96.0 cm³/mol. The molecule has 3 heterocycles. The summed E-state index contributed by atoms with van der Waals surface area (Å²) in [7, 11) is 0. The number of anilines is 1. The van der Waals surface area contributed by atoms with Gasteiger partial charge in [0.25, 0.3) is 5.91 Å². The zero-order chi connectivity index (χ0) is 17.9. The van der Waals surface area contributed by atoms with Gasteiger partial charge >= 0.3 is 0 Å². The first-order valence-corrected chi connectivity index (χ1v) is 8.69. The molecule has 1 aromatic carbocycles. The number of aromatic nitrogens is 2. The van der Waals surface area contributed by atoms with E-state index in [-0.39, 0.29) is 11.8 Å². The van der Waals surface area contributed by atoms with E-state index in [0.29, 0.717) is 28.8 Å². The quantitative estimate of drug-likeness (QED) is 0.748. The number of amides is 1. The van der Waals surface area contributed by atoms with Crippen molar-refractivity contribution in [2.75, 3.05) is 18.4 Å². The van der Waals surface area contributed by atoms with Gasteiger partial charge in [0, 0.05) is 24.1 Å². The maximum absolute atomic E-state index is 12.6. The van der Waals surface area contributed by atoms with Gasteiger partial charge in [-0.1, -0.05) is 0 Å². The van der Waals surface area contributed by atoms with Crippen molar-refractivity contribution in [2.45, 2.75) is 25.7 Å². The number of piperidine rings is 1. The Balaban J connectivity index is 1.47. The van der Waals surface area contributed by atoms with E-state index in [9.17, 15) is 4.79 Å². The van der Waals surface area contributed by atoms with Crippen LogP contribution in [0.2, 0.25) is 0 Å². The highest BCUT2D eigenvalue weighted by atomic mass is 16.4. The molecule has 1 fully saturated rings. The average Bonchev–Trinajstić information content (AvgIpc) is 3.32. The molecule has 0 aliphatic carbocycles. The van der Waals surface area contributed by atoms with Crippen molar-refractivity contribution >= 4 is 11.6 Å². The molecule has 1 amide bonds. The Kier molecular flexibility index (Phi) is 4.53. The second-order valence-corrected chi connectivity index (χ2v) is 6.36. The molecule has 134 valence electrons. The SMILES string of the molecule is Cc1ncc(-c2ccc(NC(=O)c3ncoc3C3CCNCC3)cc2)o1. The third-order valence-electron chi connectivity index (χ3n) is 4.57. The Morgan fingerprint density at radius 3 is 2.65 bits per heavy atom. The van der Waals surface area contributed by atoms with Crippen LogP contribution in [-0.2, 0) is 0 Å². The van der Waals surface area contributed by atoms with Gasteiger partial charge in [-0.05, 0) is 50.2 Å². The molecule has 2 N–H and O–H groups in total. The van der Waals surface area contributed by atoms with Crippen LogP contribution in [0.25, 0.3) is 11.3 Å². The predicted octanol–water partition coefficient (Wildman–Crippen LogP) is 3.36. The Morgan fingerprint density at radius 2 is 1.96 bits per heavy atom. The van der Waals surface area contributed by atoms with Crippen molar-refractivity contribution in [3.8, 4) is 11.3 Å². The third kappa shape index (κ3) is 3.39. The summed E-state index contributed by atoms with van der Waals surface area (Å²) in [5.74, 6) is 1.98. The average molecular weight is 352 g/mol. The number of carbonyl (C=O) groups is 1. The van der Waals surface area contributed by atoms with E-state index in [0.717, 1.165) is 31.5 Å². The highest BCUT2D eigenvalue weighted by molar-refractivity contribution is 6.03. The van der Waals surface area contributed by atoms with Crippen LogP contribution in [0.15, 0.2) is 45.7 Å². The normalized spacial score (nSPS) is 15.1. The van der Waals surface area contributed by atoms with Crippen molar-refractivity contribution in [1.29, 1.82) is 0 Å². The summed E-state index contributed by atoms with van der Waals surface area (Å²) in [5.41, 5.74) is 1.96. The zero-order valence-electron chi connectivity index (χ0n) is 14.5. The summed E-state index contributed by atoms with van der Waals surface area (Å²) in [6.07, 6.45) is 4.92. The lowest BCUT2D eigenvalue weighted by atomic mass is 9.94. The van der Waals surface area contributed by atoms with Crippen LogP contribution in [0.4, 0.5) is 5.69 Å². The topological polar surface area (TPSA) is 93.2 Å². The fraction of sp³-hybridized carbons (Fsp3) is 0.316. The van der Waals surface area contributed by atoms with E-state index >= 15 is 0 Å². The van der Waals surface area contributed by atoms with Crippen LogP contribution >= 0.6 is 0 Å². The molecular weight excluding hydrogens is 332 g/mol. The molecule has 4 rings (SSSR count). The first-order chi connectivity index (χ1) is 12.7. The van der Waals surface area contributed by atoms with Crippen LogP contribution in [0, 0.1) is 6.92 Å². The Morgan fingerprint density at radius 1 is 1.19 bits per heavy atom. The molecule has 7 heteroatoms. The second kappa shape index (κ2) is 7.13. The van der Waals surface area contributed by atoms with Gasteiger partial charge in [-0.25, -0.2) is 9.97 Å². The van der Waals surface area contributed by atoms with Crippen LogP contribution in [0.3, 0.4) is 0 Å². The van der Waals surface area contributed by atoms with Gasteiger partial charge in [0.2, 0.25) is 0 Å². The maximum atomic E-state index is 12.6. The largest absolute Gasteiger partial charge is 0.447 e. The molecule has 0 atom stereocenters. The number of nitrogens with zero attached hydrogens (tertiary/aromatic N) is 2. The van der Waals surface area contributed by atoms with Crippen molar-refractivity contribution in [3.05, 3.63) is 54.2 Å². The van der Waals surface area contributed by atoms with Gasteiger partial charge in [-0.15, -0.1) is 0 Å². The molecule has 0 radical (unpaired) electrons. The Hall–Kier alpha value is -2.93. The summed E-state index contributed by atoms with van der Waals surface area (Å²) in [6, 6.07) is 7.42. The second-order valence-electron chi connectivity index (χ2n) is 6.36. The van der Waals surface area contributed by atoms with Crippen molar-refractivity contribution in [2.24, 2.45) is 0 Å². The lowest BCUT2D eigenvalue weighted by Gasteiger charge is -2.21. The molecule has 0 bridgehead atoms. The van der Waals surface area contributed by atoms with E-state index in [4.69, 9.17) is 8.83 Å². The van der Waals surface area contributed by atoms with Gasteiger partial charge < -0.3 is 19.5 Å². The first kappa shape index (κ1) is 16.5. The molecule has 7 nitrogen and oxygen atoms in total. The number of rotatable bonds is 4.